The Hall–Kier alpha value is -0.610. The van der Waals surface area contributed by atoms with E-state index in [-0.39, 0.29) is 5.92 Å². The normalized spacial score (nSPS) is 23.0. The molecule has 2 N–H and O–H groups in total. The van der Waals surface area contributed by atoms with Crippen molar-refractivity contribution in [3.8, 4) is 0 Å². The van der Waals surface area contributed by atoms with E-state index in [2.05, 4.69) is 0 Å². The lowest BCUT2D eigenvalue weighted by molar-refractivity contribution is -0.148. The molecule has 0 aromatic carbocycles. The summed E-state index contributed by atoms with van der Waals surface area (Å²) >= 11 is 0. The van der Waals surface area contributed by atoms with Crippen molar-refractivity contribution in [3.63, 3.8) is 0 Å². The van der Waals surface area contributed by atoms with E-state index in [0.717, 1.165) is 12.8 Å². The van der Waals surface area contributed by atoms with Crippen molar-refractivity contribution in [2.45, 2.75) is 32.3 Å². The fourth-order valence-corrected chi connectivity index (χ4v) is 1.95. The summed E-state index contributed by atoms with van der Waals surface area (Å²) in [5, 5.41) is 18.8. The highest BCUT2D eigenvalue weighted by atomic mass is 16.5. The maximum absolute atomic E-state index is 10.8. The van der Waals surface area contributed by atoms with Gasteiger partial charge in [0, 0.05) is 13.2 Å². The van der Waals surface area contributed by atoms with E-state index in [9.17, 15) is 9.90 Å². The van der Waals surface area contributed by atoms with Gasteiger partial charge in [0.25, 0.3) is 0 Å². The molecule has 1 rings (SSSR count). The Morgan fingerprint density at radius 1 is 1.50 bits per heavy atom. The molecule has 0 saturated carbocycles. The molecular weight excluding hydrogens is 184 g/mol. The summed E-state index contributed by atoms with van der Waals surface area (Å²) in [6.07, 6.45) is 1.30. The number of hydrogen-bond acceptors (Lipinski definition) is 3. The van der Waals surface area contributed by atoms with Gasteiger partial charge in [-0.1, -0.05) is 6.92 Å². The minimum atomic E-state index is -0.897. The quantitative estimate of drug-likeness (QED) is 0.710. The minimum absolute atomic E-state index is 0.0878. The van der Waals surface area contributed by atoms with Gasteiger partial charge in [-0.3, -0.25) is 4.79 Å². The van der Waals surface area contributed by atoms with Gasteiger partial charge in [-0.2, -0.15) is 0 Å². The molecule has 1 heterocycles. The molecule has 4 nitrogen and oxygen atoms in total. The molecule has 0 amide bonds. The second kappa shape index (κ2) is 5.32. The van der Waals surface area contributed by atoms with Crippen LogP contribution in [-0.2, 0) is 9.53 Å². The smallest absolute Gasteiger partial charge is 0.309 e. The lowest BCUT2D eigenvalue weighted by Crippen LogP contribution is -2.36. The molecule has 0 spiro atoms. The number of rotatable bonds is 4. The van der Waals surface area contributed by atoms with E-state index in [1.54, 1.807) is 6.92 Å². The van der Waals surface area contributed by atoms with Crippen molar-refractivity contribution < 1.29 is 19.7 Å². The van der Waals surface area contributed by atoms with E-state index in [4.69, 9.17) is 9.84 Å². The molecule has 82 valence electrons. The first-order valence-corrected chi connectivity index (χ1v) is 5.15. The van der Waals surface area contributed by atoms with Crippen LogP contribution in [-0.4, -0.2) is 35.5 Å². The third kappa shape index (κ3) is 2.69. The molecule has 0 aromatic heterocycles. The molecule has 1 saturated heterocycles. The second-order valence-corrected chi connectivity index (χ2v) is 3.79. The van der Waals surface area contributed by atoms with Crippen LogP contribution in [0.1, 0.15) is 26.2 Å². The van der Waals surface area contributed by atoms with Crippen LogP contribution in [0.5, 0.6) is 0 Å². The fraction of sp³-hybridized carbons (Fsp3) is 0.900. The van der Waals surface area contributed by atoms with Gasteiger partial charge in [0.2, 0.25) is 0 Å². The maximum atomic E-state index is 10.8. The first-order chi connectivity index (χ1) is 6.66. The summed E-state index contributed by atoms with van der Waals surface area (Å²) < 4.78 is 5.17. The minimum Gasteiger partial charge on any atom is -0.481 e. The van der Waals surface area contributed by atoms with Gasteiger partial charge in [-0.15, -0.1) is 0 Å². The molecule has 2 atom stereocenters. The molecule has 1 aliphatic rings. The predicted molar refractivity (Wildman–Crippen MR) is 51.0 cm³/mol. The summed E-state index contributed by atoms with van der Waals surface area (Å²) in [5.41, 5.74) is 0. The van der Waals surface area contributed by atoms with Gasteiger partial charge < -0.3 is 14.9 Å². The number of carboxylic acid groups (broad SMARTS) is 1. The van der Waals surface area contributed by atoms with Gasteiger partial charge >= 0.3 is 5.97 Å². The molecule has 4 heteroatoms. The van der Waals surface area contributed by atoms with Crippen LogP contribution in [0, 0.1) is 11.8 Å². The van der Waals surface area contributed by atoms with Crippen molar-refractivity contribution >= 4 is 5.97 Å². The Morgan fingerprint density at radius 2 is 2.07 bits per heavy atom. The molecule has 14 heavy (non-hydrogen) atoms. The number of aliphatic hydroxyl groups excluding tert-OH is 1. The van der Waals surface area contributed by atoms with Gasteiger partial charge in [0.15, 0.2) is 0 Å². The summed E-state index contributed by atoms with van der Waals surface area (Å²) in [5.74, 6) is -1.44. The Labute approximate surface area is 83.9 Å². The highest BCUT2D eigenvalue weighted by Gasteiger charge is 2.32. The SMILES string of the molecule is CCC(C(=O)O)C(O)C1CCOCC1. The Morgan fingerprint density at radius 3 is 2.50 bits per heavy atom. The average molecular weight is 202 g/mol. The van der Waals surface area contributed by atoms with Crippen molar-refractivity contribution in [1.82, 2.24) is 0 Å². The predicted octanol–water partition coefficient (Wildman–Crippen LogP) is 0.885. The van der Waals surface area contributed by atoms with Crippen molar-refractivity contribution in [2.24, 2.45) is 11.8 Å². The molecule has 0 aliphatic carbocycles. The average Bonchev–Trinajstić information content (AvgIpc) is 2.19. The third-order valence-corrected chi connectivity index (χ3v) is 2.92. The summed E-state index contributed by atoms with van der Waals surface area (Å²) in [6, 6.07) is 0. The number of aliphatic carboxylic acids is 1. The number of ether oxygens (including phenoxy) is 1. The molecular formula is C10H18O4. The highest BCUT2D eigenvalue weighted by Crippen LogP contribution is 2.25. The van der Waals surface area contributed by atoms with Crippen molar-refractivity contribution in [1.29, 1.82) is 0 Å². The van der Waals surface area contributed by atoms with Gasteiger partial charge in [-0.05, 0) is 25.2 Å². The van der Waals surface area contributed by atoms with E-state index in [1.807, 2.05) is 0 Å². The monoisotopic (exact) mass is 202 g/mol. The van der Waals surface area contributed by atoms with Crippen LogP contribution < -0.4 is 0 Å². The number of carbonyl (C=O) groups is 1. The third-order valence-electron chi connectivity index (χ3n) is 2.92. The molecule has 0 bridgehead atoms. The van der Waals surface area contributed by atoms with Crippen LogP contribution in [0.25, 0.3) is 0 Å². The highest BCUT2D eigenvalue weighted by molar-refractivity contribution is 5.70. The van der Waals surface area contributed by atoms with E-state index >= 15 is 0 Å². The van der Waals surface area contributed by atoms with Crippen LogP contribution in [0.15, 0.2) is 0 Å². The van der Waals surface area contributed by atoms with Crippen molar-refractivity contribution in [3.05, 3.63) is 0 Å². The first kappa shape index (κ1) is 11.5. The number of aliphatic hydroxyl groups is 1. The molecule has 1 aliphatic heterocycles. The van der Waals surface area contributed by atoms with Crippen LogP contribution >= 0.6 is 0 Å². The Kier molecular flexibility index (Phi) is 4.35. The van der Waals surface area contributed by atoms with Gasteiger partial charge in [0.1, 0.15) is 0 Å². The van der Waals surface area contributed by atoms with Gasteiger partial charge in [-0.25, -0.2) is 0 Å². The standard InChI is InChI=1S/C10H18O4/c1-2-8(10(12)13)9(11)7-3-5-14-6-4-7/h7-9,11H,2-6H2,1H3,(H,12,13). The first-order valence-electron chi connectivity index (χ1n) is 5.15. The number of carboxylic acids is 1. The zero-order valence-electron chi connectivity index (χ0n) is 8.48. The topological polar surface area (TPSA) is 66.8 Å². The lowest BCUT2D eigenvalue weighted by atomic mass is 9.84. The summed E-state index contributed by atoms with van der Waals surface area (Å²) in [7, 11) is 0. The van der Waals surface area contributed by atoms with Crippen molar-refractivity contribution in [2.75, 3.05) is 13.2 Å². The zero-order valence-corrected chi connectivity index (χ0v) is 8.48. The second-order valence-electron chi connectivity index (χ2n) is 3.79. The molecule has 0 radical (unpaired) electrons. The largest absolute Gasteiger partial charge is 0.481 e. The van der Waals surface area contributed by atoms with Crippen LogP contribution in [0.4, 0.5) is 0 Å². The molecule has 1 fully saturated rings. The Balaban J connectivity index is 2.51. The summed E-state index contributed by atoms with van der Waals surface area (Å²) in [6.45, 7) is 3.07. The Bertz CT molecular complexity index is 187. The maximum Gasteiger partial charge on any atom is 0.309 e. The van der Waals surface area contributed by atoms with Crippen LogP contribution in [0.2, 0.25) is 0 Å². The van der Waals surface area contributed by atoms with E-state index in [1.165, 1.54) is 0 Å². The summed E-state index contributed by atoms with van der Waals surface area (Å²) in [4.78, 5) is 10.8. The zero-order chi connectivity index (χ0) is 10.6. The number of hydrogen-bond donors (Lipinski definition) is 2. The molecule has 2 unspecified atom stereocenters. The fourth-order valence-electron chi connectivity index (χ4n) is 1.95. The van der Waals surface area contributed by atoms with E-state index in [0.29, 0.717) is 19.6 Å². The van der Waals surface area contributed by atoms with Crippen LogP contribution in [0.3, 0.4) is 0 Å². The lowest BCUT2D eigenvalue weighted by Gasteiger charge is -2.29. The van der Waals surface area contributed by atoms with E-state index < -0.39 is 18.0 Å². The van der Waals surface area contributed by atoms with Gasteiger partial charge in [0.05, 0.1) is 12.0 Å². The molecule has 0 aromatic rings.